The molecule has 0 bridgehead atoms. The molecule has 0 saturated heterocycles. The molecule has 252 valence electrons. The van der Waals surface area contributed by atoms with Crippen LogP contribution in [0.4, 0.5) is 13.2 Å². The highest BCUT2D eigenvalue weighted by Gasteiger charge is 2.50. The molecule has 1 saturated carbocycles. The van der Waals surface area contributed by atoms with E-state index in [-0.39, 0.29) is 24.6 Å². The molecule has 1 aliphatic carbocycles. The molecule has 7 rings (SSSR count). The summed E-state index contributed by atoms with van der Waals surface area (Å²) < 4.78 is 39.7. The summed E-state index contributed by atoms with van der Waals surface area (Å²) in [6.45, 7) is 0.533. The zero-order chi connectivity index (χ0) is 34.5. The zero-order valence-electron chi connectivity index (χ0n) is 26.6. The Kier molecular flexibility index (Phi) is 8.40. The highest BCUT2D eigenvalue weighted by molar-refractivity contribution is 7.10. The van der Waals surface area contributed by atoms with Crippen molar-refractivity contribution in [2.45, 2.75) is 56.5 Å². The van der Waals surface area contributed by atoms with Gasteiger partial charge in [-0.2, -0.15) is 13.2 Å². The fourth-order valence-electron chi connectivity index (χ4n) is 6.56. The minimum absolute atomic E-state index is 0.105. The Bertz CT molecular complexity index is 2140. The lowest BCUT2D eigenvalue weighted by molar-refractivity contribution is -0.142. The topological polar surface area (TPSA) is 107 Å². The second kappa shape index (κ2) is 12.6. The average Bonchev–Trinajstić information content (AvgIpc) is 3.81. The number of nitrogens with one attached hydrogen (secondary N) is 1. The predicted molar refractivity (Wildman–Crippen MR) is 179 cm³/mol. The molecule has 1 aliphatic heterocycles. The van der Waals surface area contributed by atoms with Gasteiger partial charge < -0.3 is 19.9 Å². The number of amides is 2. The van der Waals surface area contributed by atoms with Crippen LogP contribution in [0.3, 0.4) is 0 Å². The number of aromatic amines is 1. The number of carbonyl (C=O) groups is 2. The Morgan fingerprint density at radius 1 is 1.06 bits per heavy atom. The molecule has 1 unspecified atom stereocenters. The molecule has 5 aromatic rings. The summed E-state index contributed by atoms with van der Waals surface area (Å²) in [6.07, 6.45) is -4.05. The van der Waals surface area contributed by atoms with Crippen LogP contribution in [-0.2, 0) is 35.9 Å². The van der Waals surface area contributed by atoms with Crippen LogP contribution in [-0.4, -0.2) is 50.3 Å². The van der Waals surface area contributed by atoms with Crippen molar-refractivity contribution in [2.24, 2.45) is 0 Å². The van der Waals surface area contributed by atoms with E-state index in [4.69, 9.17) is 4.98 Å². The van der Waals surface area contributed by atoms with Gasteiger partial charge in [0, 0.05) is 30.4 Å². The first-order chi connectivity index (χ1) is 23.4. The molecule has 12 heteroatoms. The first kappa shape index (κ1) is 32.7. The number of alkyl halides is 3. The number of aryl methyl sites for hydroxylation is 1. The van der Waals surface area contributed by atoms with Gasteiger partial charge in [-0.05, 0) is 71.8 Å². The number of H-pyrrole nitrogens is 1. The Labute approximate surface area is 283 Å². The van der Waals surface area contributed by atoms with Crippen molar-refractivity contribution in [2.75, 3.05) is 13.6 Å². The number of thiophene rings is 1. The van der Waals surface area contributed by atoms with Crippen molar-refractivity contribution in [1.82, 2.24) is 19.8 Å². The van der Waals surface area contributed by atoms with Gasteiger partial charge in [-0.3, -0.25) is 14.4 Å². The van der Waals surface area contributed by atoms with E-state index in [1.165, 1.54) is 22.3 Å². The van der Waals surface area contributed by atoms with Crippen LogP contribution in [0.25, 0.3) is 10.8 Å². The molecule has 0 radical (unpaired) electrons. The Balaban J connectivity index is 1.07. The van der Waals surface area contributed by atoms with Gasteiger partial charge in [-0.1, -0.05) is 48.5 Å². The number of carbonyl (C=O) groups excluding carboxylic acids is 2. The number of aromatic nitrogens is 2. The van der Waals surface area contributed by atoms with E-state index >= 15 is 0 Å². The zero-order valence-corrected chi connectivity index (χ0v) is 27.4. The molecule has 1 fully saturated rings. The lowest BCUT2D eigenvalue weighted by Gasteiger charge is -2.24. The first-order valence-electron chi connectivity index (χ1n) is 16.0. The minimum atomic E-state index is -4.62. The molecule has 2 aliphatic rings. The smallest absolute Gasteiger partial charge is 0.378 e. The number of halogens is 3. The summed E-state index contributed by atoms with van der Waals surface area (Å²) in [4.78, 5) is 51.9. The van der Waals surface area contributed by atoms with E-state index in [0.717, 1.165) is 52.3 Å². The molecule has 3 heterocycles. The van der Waals surface area contributed by atoms with Crippen LogP contribution in [0.1, 0.15) is 74.4 Å². The maximum atomic E-state index is 13.5. The predicted octanol–water partition coefficient (Wildman–Crippen LogP) is 6.36. The van der Waals surface area contributed by atoms with Crippen molar-refractivity contribution in [3.63, 3.8) is 0 Å². The number of rotatable bonds is 7. The Hall–Kier alpha value is -4.81. The second-order valence-corrected chi connectivity index (χ2v) is 13.8. The summed E-state index contributed by atoms with van der Waals surface area (Å²) in [5.41, 5.74) is 0.390. The monoisotopic (exact) mass is 686 g/mol. The number of benzene rings is 3. The fourth-order valence-corrected chi connectivity index (χ4v) is 7.71. The second-order valence-electron chi connectivity index (χ2n) is 12.9. The number of aliphatic hydroxyl groups excluding tert-OH is 1. The quantitative estimate of drug-likeness (QED) is 0.207. The summed E-state index contributed by atoms with van der Waals surface area (Å²) in [5.74, 6) is -0.368. The molecule has 2 amide bonds. The SMILES string of the molecule is CN(Cc1ccc2ccccc2c1)C(=O)c1csc(C2(c3nc4c(c(=O)[nH]3)CN(C(=O)C(O)c3cccc(C(F)(F)F)c3)CCC4)CC2)c1. The molecule has 1 atom stereocenters. The number of hydrogen-bond acceptors (Lipinski definition) is 6. The van der Waals surface area contributed by atoms with Crippen molar-refractivity contribution >= 4 is 33.9 Å². The maximum Gasteiger partial charge on any atom is 0.416 e. The van der Waals surface area contributed by atoms with Crippen LogP contribution in [0.5, 0.6) is 0 Å². The molecule has 49 heavy (non-hydrogen) atoms. The van der Waals surface area contributed by atoms with E-state index < -0.39 is 34.7 Å². The third kappa shape index (κ3) is 6.38. The summed E-state index contributed by atoms with van der Waals surface area (Å²) in [5, 5.41) is 14.8. The number of hydrogen-bond donors (Lipinski definition) is 2. The third-order valence-corrected chi connectivity index (χ3v) is 10.6. The number of nitrogens with zero attached hydrogens (tertiary/aromatic N) is 3. The van der Waals surface area contributed by atoms with Crippen molar-refractivity contribution in [3.05, 3.63) is 133 Å². The summed E-state index contributed by atoms with van der Waals surface area (Å²) in [7, 11) is 1.78. The molecule has 0 spiro atoms. The number of aliphatic hydroxyl groups is 1. The van der Waals surface area contributed by atoms with Crippen LogP contribution in [0, 0.1) is 0 Å². The van der Waals surface area contributed by atoms with Crippen molar-refractivity contribution in [3.8, 4) is 0 Å². The van der Waals surface area contributed by atoms with Crippen LogP contribution >= 0.6 is 11.3 Å². The maximum absolute atomic E-state index is 13.5. The van der Waals surface area contributed by atoms with E-state index in [2.05, 4.69) is 23.2 Å². The fraction of sp³-hybridized carbons (Fsp3) is 0.297. The van der Waals surface area contributed by atoms with E-state index in [9.17, 15) is 32.7 Å². The van der Waals surface area contributed by atoms with Gasteiger partial charge >= 0.3 is 6.18 Å². The average molecular weight is 687 g/mol. The third-order valence-electron chi connectivity index (χ3n) is 9.47. The normalized spacial score (nSPS) is 16.1. The van der Waals surface area contributed by atoms with Crippen molar-refractivity contribution in [1.29, 1.82) is 0 Å². The van der Waals surface area contributed by atoms with Gasteiger partial charge in [0.15, 0.2) is 6.10 Å². The highest BCUT2D eigenvalue weighted by atomic mass is 32.1. The van der Waals surface area contributed by atoms with Crippen LogP contribution in [0.2, 0.25) is 0 Å². The van der Waals surface area contributed by atoms with Crippen molar-refractivity contribution < 1.29 is 27.9 Å². The summed E-state index contributed by atoms with van der Waals surface area (Å²) >= 11 is 1.46. The van der Waals surface area contributed by atoms with Gasteiger partial charge in [0.1, 0.15) is 5.82 Å². The van der Waals surface area contributed by atoms with Crippen LogP contribution in [0.15, 0.2) is 83.0 Å². The number of fused-ring (bicyclic) bond motifs is 2. The lowest BCUT2D eigenvalue weighted by Crippen LogP contribution is -2.36. The van der Waals surface area contributed by atoms with Gasteiger partial charge in [-0.25, -0.2) is 4.98 Å². The van der Waals surface area contributed by atoms with Gasteiger partial charge in [-0.15, -0.1) is 11.3 Å². The molecule has 2 aromatic heterocycles. The van der Waals surface area contributed by atoms with Crippen LogP contribution < -0.4 is 5.56 Å². The highest BCUT2D eigenvalue weighted by Crippen LogP contribution is 2.54. The standard InChI is InChI=1S/C37H33F3N4O4S/c1-43(19-22-11-12-23-6-2-3-7-24(23)16-22)33(47)26-18-30(49-21-26)36(13-14-36)35-41-29-10-5-15-44(20-28(29)32(46)42-35)34(48)31(45)25-8-4-9-27(17-25)37(38,39)40/h2-4,6-9,11-12,16-18,21,31,45H,5,10,13-15,19-20H2,1H3,(H,41,42,46). The minimum Gasteiger partial charge on any atom is -0.378 e. The van der Waals surface area contributed by atoms with Gasteiger partial charge in [0.25, 0.3) is 17.4 Å². The Morgan fingerprint density at radius 3 is 2.59 bits per heavy atom. The van der Waals surface area contributed by atoms with E-state index in [1.807, 2.05) is 35.7 Å². The Morgan fingerprint density at radius 2 is 1.84 bits per heavy atom. The molecule has 2 N–H and O–H groups in total. The molecule has 3 aromatic carbocycles. The largest absolute Gasteiger partial charge is 0.416 e. The van der Waals surface area contributed by atoms with Gasteiger partial charge in [0.05, 0.1) is 34.3 Å². The molecular formula is C37H33F3N4O4S. The summed E-state index contributed by atoms with van der Waals surface area (Å²) in [6, 6.07) is 20.2. The molecule has 8 nitrogen and oxygen atoms in total. The van der Waals surface area contributed by atoms with E-state index in [0.29, 0.717) is 42.0 Å². The van der Waals surface area contributed by atoms with E-state index in [1.54, 1.807) is 11.9 Å². The molecular weight excluding hydrogens is 653 g/mol. The lowest BCUT2D eigenvalue weighted by atomic mass is 10.0. The first-order valence-corrected chi connectivity index (χ1v) is 16.9. The van der Waals surface area contributed by atoms with Gasteiger partial charge in [0.2, 0.25) is 0 Å².